The molecule has 10 heteroatoms. The first kappa shape index (κ1) is 21.3. The summed E-state index contributed by atoms with van der Waals surface area (Å²) in [7, 11) is 0. The van der Waals surface area contributed by atoms with Crippen LogP contribution in [0.4, 0.5) is 0 Å². The maximum absolute atomic E-state index is 9.97. The normalized spacial score (nSPS) is 12.7. The van der Waals surface area contributed by atoms with Gasteiger partial charge in [0.2, 0.25) is 0 Å². The van der Waals surface area contributed by atoms with Gasteiger partial charge in [-0.1, -0.05) is 0 Å². The minimum atomic E-state index is -1.15. The van der Waals surface area contributed by atoms with Gasteiger partial charge in [0.25, 0.3) is 0 Å². The number of hydrogen-bond acceptors (Lipinski definition) is 8. The number of nitrogens with zero attached hydrogens (tertiary/aromatic N) is 5. The number of imidazole rings is 1. The SMILES string of the molecule is CCn1c(-c2nonc2[As])nc2c(C#CC(C)(C)O)ncc(OCC[C@H](C)N)c21. The maximum atomic E-state index is 9.97. The molecule has 3 aromatic rings. The van der Waals surface area contributed by atoms with E-state index in [1.807, 2.05) is 18.4 Å². The van der Waals surface area contributed by atoms with Crippen LogP contribution in [-0.2, 0) is 6.54 Å². The van der Waals surface area contributed by atoms with Gasteiger partial charge in [-0.25, -0.2) is 0 Å². The van der Waals surface area contributed by atoms with E-state index in [1.165, 1.54) is 0 Å². The molecule has 0 unspecified atom stereocenters. The molecule has 9 nitrogen and oxygen atoms in total. The molecule has 0 aliphatic heterocycles. The van der Waals surface area contributed by atoms with E-state index in [0.717, 1.165) is 5.52 Å². The molecule has 0 aliphatic carbocycles. The Kier molecular flexibility index (Phi) is 6.27. The molecule has 3 heterocycles. The van der Waals surface area contributed by atoms with Gasteiger partial charge in [0, 0.05) is 0 Å². The third kappa shape index (κ3) is 4.78. The molecular formula is C19H23AsN6O3. The van der Waals surface area contributed by atoms with Crippen molar-refractivity contribution in [3.8, 4) is 29.1 Å². The summed E-state index contributed by atoms with van der Waals surface area (Å²) in [5.41, 5.74) is 6.95. The zero-order valence-corrected chi connectivity index (χ0v) is 18.7. The van der Waals surface area contributed by atoms with Crippen LogP contribution in [0.3, 0.4) is 0 Å². The molecule has 0 bridgehead atoms. The third-order valence-electron chi connectivity index (χ3n) is 4.05. The average Bonchev–Trinajstić information content (AvgIpc) is 3.22. The zero-order valence-electron chi connectivity index (χ0n) is 16.8. The monoisotopic (exact) mass is 458 g/mol. The summed E-state index contributed by atoms with van der Waals surface area (Å²) in [6.45, 7) is 8.21. The Hall–Kier alpha value is -2.40. The van der Waals surface area contributed by atoms with Crippen LogP contribution in [0.5, 0.6) is 5.75 Å². The first-order chi connectivity index (χ1) is 13.7. The Bertz CT molecular complexity index is 1070. The number of hydrogen-bond donors (Lipinski definition) is 2. The molecule has 3 rings (SSSR count). The second-order valence-corrected chi connectivity index (χ2v) is 8.10. The van der Waals surface area contributed by atoms with E-state index >= 15 is 0 Å². The first-order valence-corrected chi connectivity index (χ1v) is 10.2. The van der Waals surface area contributed by atoms with Crippen molar-refractivity contribution in [2.45, 2.75) is 52.3 Å². The van der Waals surface area contributed by atoms with Crippen LogP contribution in [0, 0.1) is 11.8 Å². The fourth-order valence-electron chi connectivity index (χ4n) is 2.69. The zero-order chi connectivity index (χ0) is 21.2. The van der Waals surface area contributed by atoms with Crippen molar-refractivity contribution in [2.24, 2.45) is 5.73 Å². The van der Waals surface area contributed by atoms with Crippen LogP contribution >= 0.6 is 0 Å². The van der Waals surface area contributed by atoms with Crippen molar-refractivity contribution >= 4 is 32.4 Å². The molecule has 3 N–H and O–H groups in total. The van der Waals surface area contributed by atoms with Gasteiger partial charge in [-0.2, -0.15) is 0 Å². The number of aliphatic hydroxyl groups is 1. The van der Waals surface area contributed by atoms with E-state index < -0.39 is 5.60 Å². The number of aromatic nitrogens is 5. The van der Waals surface area contributed by atoms with Gasteiger partial charge < -0.3 is 0 Å². The number of ether oxygens (including phenoxy) is 1. The molecule has 0 aromatic carbocycles. The van der Waals surface area contributed by atoms with E-state index in [9.17, 15) is 5.11 Å². The quantitative estimate of drug-likeness (QED) is 0.405. The Labute approximate surface area is 177 Å². The van der Waals surface area contributed by atoms with Crippen LogP contribution < -0.4 is 15.0 Å². The molecule has 0 aliphatic rings. The number of aryl methyl sites for hydroxylation is 1. The Morgan fingerprint density at radius 2 is 2.17 bits per heavy atom. The Balaban J connectivity index is 2.21. The fraction of sp³-hybridized carbons (Fsp3) is 0.474. The molecule has 2 radical (unpaired) electrons. The second kappa shape index (κ2) is 8.54. The summed E-state index contributed by atoms with van der Waals surface area (Å²) in [6.07, 6.45) is 2.33. The van der Waals surface area contributed by atoms with Crippen molar-refractivity contribution in [3.63, 3.8) is 0 Å². The van der Waals surface area contributed by atoms with Crippen LogP contribution in [0.25, 0.3) is 22.6 Å². The number of fused-ring (bicyclic) bond motifs is 1. The van der Waals surface area contributed by atoms with E-state index in [-0.39, 0.29) is 6.04 Å². The standard InChI is InChI=1S/C19H23AsN6O3/c1-5-26-16-13(28-9-7-11(2)21)10-22-12(6-8-19(3,4)27)14(16)23-18(26)15-17(20)25-29-24-15/h10-11,27H,5,7,9,21H2,1-4H3/t11-/m0/s1. The molecule has 0 saturated heterocycles. The molecule has 152 valence electrons. The summed E-state index contributed by atoms with van der Waals surface area (Å²) >= 11 is 2.31. The summed E-state index contributed by atoms with van der Waals surface area (Å²) in [6, 6.07) is 0.0312. The van der Waals surface area contributed by atoms with Crippen LogP contribution in [0.1, 0.15) is 39.8 Å². The number of rotatable bonds is 6. The van der Waals surface area contributed by atoms with Gasteiger partial charge >= 0.3 is 177 Å². The van der Waals surface area contributed by atoms with Gasteiger partial charge in [0.05, 0.1) is 0 Å². The molecule has 1 atom stereocenters. The molecular weight excluding hydrogens is 435 g/mol. The first-order valence-electron chi connectivity index (χ1n) is 9.26. The third-order valence-corrected chi connectivity index (χ3v) is 4.67. The summed E-state index contributed by atoms with van der Waals surface area (Å²) in [5.74, 6) is 6.88. The van der Waals surface area contributed by atoms with Gasteiger partial charge in [-0.3, -0.25) is 0 Å². The van der Waals surface area contributed by atoms with Crippen molar-refractivity contribution in [1.29, 1.82) is 0 Å². The van der Waals surface area contributed by atoms with Crippen molar-refractivity contribution in [2.75, 3.05) is 6.61 Å². The van der Waals surface area contributed by atoms with Gasteiger partial charge in [-0.15, -0.1) is 0 Å². The number of pyridine rings is 1. The Morgan fingerprint density at radius 3 is 2.76 bits per heavy atom. The van der Waals surface area contributed by atoms with E-state index in [4.69, 9.17) is 20.1 Å². The minimum absolute atomic E-state index is 0.0312. The molecule has 3 aromatic heterocycles. The fourth-order valence-corrected chi connectivity index (χ4v) is 3.06. The number of nitrogens with two attached hydrogens (primary N) is 1. The summed E-state index contributed by atoms with van der Waals surface area (Å²) < 4.78 is 13.3. The molecule has 0 amide bonds. The van der Waals surface area contributed by atoms with Crippen molar-refractivity contribution < 1.29 is 14.5 Å². The van der Waals surface area contributed by atoms with E-state index in [0.29, 0.717) is 52.5 Å². The second-order valence-electron chi connectivity index (χ2n) is 7.21. The van der Waals surface area contributed by atoms with Crippen LogP contribution in [0.15, 0.2) is 10.8 Å². The predicted molar refractivity (Wildman–Crippen MR) is 109 cm³/mol. The molecule has 0 fully saturated rings. The van der Waals surface area contributed by atoms with E-state index in [2.05, 4.69) is 44.0 Å². The average molecular weight is 458 g/mol. The van der Waals surface area contributed by atoms with Crippen molar-refractivity contribution in [1.82, 2.24) is 24.8 Å². The van der Waals surface area contributed by atoms with Crippen LogP contribution in [0.2, 0.25) is 0 Å². The molecule has 0 spiro atoms. The topological polar surface area (TPSA) is 125 Å². The summed E-state index contributed by atoms with van der Waals surface area (Å²) in [5, 5.41) is 17.8. The van der Waals surface area contributed by atoms with Crippen molar-refractivity contribution in [3.05, 3.63) is 11.9 Å². The van der Waals surface area contributed by atoms with Crippen LogP contribution in [-0.4, -0.2) is 65.1 Å². The van der Waals surface area contributed by atoms with Gasteiger partial charge in [-0.05, 0) is 0 Å². The summed E-state index contributed by atoms with van der Waals surface area (Å²) in [4.78, 5) is 9.15. The molecule has 0 saturated carbocycles. The molecule has 29 heavy (non-hydrogen) atoms. The Morgan fingerprint density at radius 1 is 1.41 bits per heavy atom. The van der Waals surface area contributed by atoms with E-state index in [1.54, 1.807) is 20.0 Å². The van der Waals surface area contributed by atoms with Gasteiger partial charge in [0.15, 0.2) is 0 Å². The predicted octanol–water partition coefficient (Wildman–Crippen LogP) is 0.534. The van der Waals surface area contributed by atoms with Gasteiger partial charge in [0.1, 0.15) is 0 Å².